The summed E-state index contributed by atoms with van der Waals surface area (Å²) in [5, 5.41) is 16.1. The highest BCUT2D eigenvalue weighted by Crippen LogP contribution is 2.31. The van der Waals surface area contributed by atoms with Crippen molar-refractivity contribution >= 4 is 5.65 Å². The SMILES string of the molecule is CC(O)(c1ccc(OC2CCCCO2)cc1)c1cnc2ccc(-c3cccnc3)nn12. The number of ether oxygens (including phenoxy) is 2. The Kier molecular flexibility index (Phi) is 5.13. The van der Waals surface area contributed by atoms with Crippen molar-refractivity contribution in [1.29, 1.82) is 0 Å². The van der Waals surface area contributed by atoms with Gasteiger partial charge in [-0.1, -0.05) is 12.1 Å². The molecule has 0 radical (unpaired) electrons. The van der Waals surface area contributed by atoms with Gasteiger partial charge in [0.2, 0.25) is 0 Å². The fraction of sp³-hybridized carbons (Fsp3) is 0.292. The highest BCUT2D eigenvalue weighted by molar-refractivity contribution is 5.59. The molecule has 4 aromatic rings. The van der Waals surface area contributed by atoms with Crippen molar-refractivity contribution in [3.63, 3.8) is 0 Å². The quantitative estimate of drug-likeness (QED) is 0.530. The van der Waals surface area contributed by atoms with Gasteiger partial charge in [0.15, 0.2) is 11.9 Å². The molecule has 158 valence electrons. The zero-order chi connectivity index (χ0) is 21.3. The Morgan fingerprint density at radius 3 is 2.71 bits per heavy atom. The van der Waals surface area contributed by atoms with Gasteiger partial charge >= 0.3 is 0 Å². The third-order valence-corrected chi connectivity index (χ3v) is 5.64. The number of aliphatic hydroxyl groups is 1. The molecule has 0 spiro atoms. The van der Waals surface area contributed by atoms with Crippen molar-refractivity contribution in [2.45, 2.75) is 38.1 Å². The first-order valence-electron chi connectivity index (χ1n) is 10.5. The van der Waals surface area contributed by atoms with Crippen molar-refractivity contribution in [3.8, 4) is 17.0 Å². The predicted molar refractivity (Wildman–Crippen MR) is 116 cm³/mol. The maximum absolute atomic E-state index is 11.4. The van der Waals surface area contributed by atoms with Crippen molar-refractivity contribution in [2.75, 3.05) is 6.61 Å². The molecule has 0 aliphatic carbocycles. The van der Waals surface area contributed by atoms with E-state index in [9.17, 15) is 5.11 Å². The molecule has 1 aliphatic heterocycles. The van der Waals surface area contributed by atoms with Crippen LogP contribution in [0.3, 0.4) is 0 Å². The molecular weight excluding hydrogens is 392 g/mol. The van der Waals surface area contributed by atoms with Crippen LogP contribution < -0.4 is 4.74 Å². The molecule has 31 heavy (non-hydrogen) atoms. The lowest BCUT2D eigenvalue weighted by molar-refractivity contribution is -0.105. The van der Waals surface area contributed by atoms with Crippen LogP contribution in [0, 0.1) is 0 Å². The standard InChI is InChI=1S/C24H24N4O3/c1-24(29,18-7-9-19(10-8-18)31-23-6-2-3-14-30-23)21-16-26-22-12-11-20(27-28(21)22)17-5-4-13-25-15-17/h4-5,7-13,15-16,23,29H,2-3,6,14H2,1H3. The van der Waals surface area contributed by atoms with Gasteiger partial charge in [0.05, 0.1) is 24.2 Å². The second-order valence-corrected chi connectivity index (χ2v) is 7.88. The lowest BCUT2D eigenvalue weighted by Gasteiger charge is -2.25. The van der Waals surface area contributed by atoms with E-state index in [0.717, 1.165) is 48.4 Å². The lowest BCUT2D eigenvalue weighted by atomic mass is 9.93. The molecule has 1 N–H and O–H groups in total. The van der Waals surface area contributed by atoms with Crippen molar-refractivity contribution < 1.29 is 14.6 Å². The minimum absolute atomic E-state index is 0.200. The first-order chi connectivity index (χ1) is 15.1. The third-order valence-electron chi connectivity index (χ3n) is 5.64. The van der Waals surface area contributed by atoms with E-state index in [4.69, 9.17) is 14.6 Å². The average Bonchev–Trinajstić information content (AvgIpc) is 3.25. The van der Waals surface area contributed by atoms with Crippen LogP contribution in [0.2, 0.25) is 0 Å². The number of pyridine rings is 1. The minimum atomic E-state index is -1.29. The van der Waals surface area contributed by atoms with E-state index < -0.39 is 5.60 Å². The summed E-state index contributed by atoms with van der Waals surface area (Å²) < 4.78 is 13.2. The van der Waals surface area contributed by atoms with Gasteiger partial charge in [-0.3, -0.25) is 4.98 Å². The molecule has 1 saturated heterocycles. The maximum Gasteiger partial charge on any atom is 0.199 e. The fourth-order valence-electron chi connectivity index (χ4n) is 3.84. The van der Waals surface area contributed by atoms with Crippen molar-refractivity contribution in [2.24, 2.45) is 0 Å². The smallest absolute Gasteiger partial charge is 0.199 e. The van der Waals surface area contributed by atoms with Crippen LogP contribution in [0.4, 0.5) is 0 Å². The van der Waals surface area contributed by atoms with Crippen LogP contribution in [0.25, 0.3) is 16.9 Å². The molecule has 5 rings (SSSR count). The zero-order valence-electron chi connectivity index (χ0n) is 17.3. The summed E-state index contributed by atoms with van der Waals surface area (Å²) in [5.41, 5.74) is 2.33. The molecule has 1 aromatic carbocycles. The Bertz CT molecular complexity index is 1170. The number of rotatable bonds is 5. The molecule has 3 aromatic heterocycles. The highest BCUT2D eigenvalue weighted by atomic mass is 16.7. The maximum atomic E-state index is 11.4. The van der Waals surface area contributed by atoms with E-state index in [1.54, 1.807) is 30.0 Å². The van der Waals surface area contributed by atoms with Crippen LogP contribution in [0.1, 0.15) is 37.4 Å². The van der Waals surface area contributed by atoms with Gasteiger partial charge in [-0.15, -0.1) is 0 Å². The third kappa shape index (κ3) is 3.89. The van der Waals surface area contributed by atoms with Crippen molar-refractivity contribution in [3.05, 3.63) is 78.4 Å². The van der Waals surface area contributed by atoms with Gasteiger partial charge in [-0.25, -0.2) is 9.50 Å². The van der Waals surface area contributed by atoms with E-state index in [2.05, 4.69) is 9.97 Å². The first-order valence-corrected chi connectivity index (χ1v) is 10.5. The van der Waals surface area contributed by atoms with E-state index >= 15 is 0 Å². The number of fused-ring (bicyclic) bond motifs is 1. The Labute approximate surface area is 180 Å². The number of aromatic nitrogens is 4. The molecule has 0 bridgehead atoms. The molecule has 2 unspecified atom stereocenters. The molecule has 7 heteroatoms. The largest absolute Gasteiger partial charge is 0.465 e. The lowest BCUT2D eigenvalue weighted by Crippen LogP contribution is -2.26. The van der Waals surface area contributed by atoms with Crippen LogP contribution in [-0.2, 0) is 10.3 Å². The van der Waals surface area contributed by atoms with Gasteiger partial charge in [-0.05, 0) is 61.7 Å². The summed E-state index contributed by atoms with van der Waals surface area (Å²) >= 11 is 0. The highest BCUT2D eigenvalue weighted by Gasteiger charge is 2.30. The summed E-state index contributed by atoms with van der Waals surface area (Å²) in [5.74, 6) is 0.724. The molecular formula is C24H24N4O3. The zero-order valence-corrected chi connectivity index (χ0v) is 17.3. The molecule has 0 amide bonds. The van der Waals surface area contributed by atoms with E-state index in [1.807, 2.05) is 48.5 Å². The van der Waals surface area contributed by atoms with E-state index in [-0.39, 0.29) is 6.29 Å². The van der Waals surface area contributed by atoms with Crippen molar-refractivity contribution in [1.82, 2.24) is 19.6 Å². The van der Waals surface area contributed by atoms with Gasteiger partial charge in [0.25, 0.3) is 0 Å². The average molecular weight is 416 g/mol. The first kappa shape index (κ1) is 19.7. The molecule has 7 nitrogen and oxygen atoms in total. The fourth-order valence-corrected chi connectivity index (χ4v) is 3.84. The summed E-state index contributed by atoms with van der Waals surface area (Å²) in [6, 6.07) is 15.1. The Morgan fingerprint density at radius 2 is 1.97 bits per heavy atom. The molecule has 2 atom stereocenters. The molecule has 4 heterocycles. The Hall–Kier alpha value is -3.29. The normalized spacial score (nSPS) is 18.6. The molecule has 1 fully saturated rings. The number of imidazole rings is 1. The topological polar surface area (TPSA) is 81.8 Å². The van der Waals surface area contributed by atoms with Crippen LogP contribution in [-0.4, -0.2) is 37.6 Å². The summed E-state index contributed by atoms with van der Waals surface area (Å²) in [4.78, 5) is 8.59. The minimum Gasteiger partial charge on any atom is -0.465 e. The summed E-state index contributed by atoms with van der Waals surface area (Å²) in [6.07, 6.45) is 8.04. The number of hydrogen-bond acceptors (Lipinski definition) is 6. The van der Waals surface area contributed by atoms with Gasteiger partial charge in [0, 0.05) is 24.4 Å². The summed E-state index contributed by atoms with van der Waals surface area (Å²) in [7, 11) is 0. The van der Waals surface area contributed by atoms with Gasteiger partial charge < -0.3 is 14.6 Å². The monoisotopic (exact) mass is 416 g/mol. The Balaban J connectivity index is 1.44. The van der Waals surface area contributed by atoms with Gasteiger partial charge in [0.1, 0.15) is 11.4 Å². The molecule has 0 saturated carbocycles. The van der Waals surface area contributed by atoms with E-state index in [0.29, 0.717) is 11.3 Å². The number of nitrogens with zero attached hydrogens (tertiary/aromatic N) is 4. The second-order valence-electron chi connectivity index (χ2n) is 7.88. The number of hydrogen-bond donors (Lipinski definition) is 1. The molecule has 1 aliphatic rings. The van der Waals surface area contributed by atoms with Crippen LogP contribution in [0.5, 0.6) is 5.75 Å². The van der Waals surface area contributed by atoms with Gasteiger partial charge in [-0.2, -0.15) is 5.10 Å². The summed E-state index contributed by atoms with van der Waals surface area (Å²) in [6.45, 7) is 2.48. The van der Waals surface area contributed by atoms with Crippen LogP contribution >= 0.6 is 0 Å². The second kappa shape index (κ2) is 8.09. The number of benzene rings is 1. The Morgan fingerprint density at radius 1 is 1.10 bits per heavy atom. The van der Waals surface area contributed by atoms with Crippen LogP contribution in [0.15, 0.2) is 67.1 Å². The predicted octanol–water partition coefficient (Wildman–Crippen LogP) is 3.95. The van der Waals surface area contributed by atoms with E-state index in [1.165, 1.54) is 0 Å².